The topological polar surface area (TPSA) is 24.4 Å². The van der Waals surface area contributed by atoms with Crippen LogP contribution in [0.4, 0.5) is 0 Å². The van der Waals surface area contributed by atoms with E-state index in [0.717, 1.165) is 6.54 Å². The van der Waals surface area contributed by atoms with Crippen molar-refractivity contribution >= 4 is 5.84 Å². The van der Waals surface area contributed by atoms with E-state index in [1.807, 2.05) is 0 Å². The van der Waals surface area contributed by atoms with Gasteiger partial charge in [0.2, 0.25) is 0 Å². The minimum Gasteiger partial charge on any atom is -0.373 e. The molecule has 0 radical (unpaired) electrons. The summed E-state index contributed by atoms with van der Waals surface area (Å²) >= 11 is 0. The molecule has 1 saturated carbocycles. The lowest BCUT2D eigenvalue weighted by atomic mass is 10.0. The maximum atomic E-state index is 4.50. The zero-order valence-corrected chi connectivity index (χ0v) is 8.60. The van der Waals surface area contributed by atoms with E-state index >= 15 is 0 Å². The summed E-state index contributed by atoms with van der Waals surface area (Å²) in [5, 5.41) is 3.53. The van der Waals surface area contributed by atoms with E-state index in [9.17, 15) is 0 Å². The highest BCUT2D eigenvalue weighted by atomic mass is 15.0. The average molecular weight is 180 g/mol. The molecule has 13 heavy (non-hydrogen) atoms. The van der Waals surface area contributed by atoms with Crippen molar-refractivity contribution in [1.82, 2.24) is 5.32 Å². The highest BCUT2D eigenvalue weighted by Crippen LogP contribution is 2.47. The van der Waals surface area contributed by atoms with Crippen LogP contribution in [-0.2, 0) is 0 Å². The first kappa shape index (κ1) is 9.04. The smallest absolute Gasteiger partial charge is 0.0963 e. The monoisotopic (exact) mass is 180 g/mol. The Bertz CT molecular complexity index is 204. The second-order valence-corrected chi connectivity index (χ2v) is 4.49. The molecule has 1 aliphatic carbocycles. The Labute approximate surface area is 80.8 Å². The molecule has 74 valence electrons. The van der Waals surface area contributed by atoms with Gasteiger partial charge >= 0.3 is 0 Å². The lowest BCUT2D eigenvalue weighted by molar-refractivity contribution is 0.478. The predicted octanol–water partition coefficient (Wildman–Crippen LogP) is 2.35. The molecule has 0 bridgehead atoms. The van der Waals surface area contributed by atoms with Crippen molar-refractivity contribution in [2.45, 2.75) is 45.4 Å². The Kier molecular flexibility index (Phi) is 2.56. The van der Waals surface area contributed by atoms with Crippen LogP contribution in [0.2, 0.25) is 0 Å². The molecule has 1 heterocycles. The molecule has 0 aromatic rings. The molecular weight excluding hydrogens is 160 g/mol. The van der Waals surface area contributed by atoms with Crippen LogP contribution in [0.15, 0.2) is 4.99 Å². The average Bonchev–Trinajstić information content (AvgIpc) is 2.97. The molecule has 2 nitrogen and oxygen atoms in total. The molecule has 0 aromatic heterocycles. The highest BCUT2D eigenvalue weighted by Gasteiger charge is 2.40. The Morgan fingerprint density at radius 2 is 2.23 bits per heavy atom. The van der Waals surface area contributed by atoms with E-state index in [2.05, 4.69) is 17.2 Å². The Balaban J connectivity index is 1.75. The number of nitrogens with one attached hydrogen (secondary N) is 1. The van der Waals surface area contributed by atoms with E-state index in [0.29, 0.717) is 5.41 Å². The summed E-state index contributed by atoms with van der Waals surface area (Å²) in [6, 6.07) is 0. The lowest BCUT2D eigenvalue weighted by Gasteiger charge is -2.18. The minimum atomic E-state index is 0.653. The molecule has 0 spiro atoms. The summed E-state index contributed by atoms with van der Waals surface area (Å²) in [4.78, 5) is 4.50. The van der Waals surface area contributed by atoms with Gasteiger partial charge in [0.25, 0.3) is 0 Å². The summed E-state index contributed by atoms with van der Waals surface area (Å²) < 4.78 is 0. The quantitative estimate of drug-likeness (QED) is 0.708. The maximum absolute atomic E-state index is 4.50. The van der Waals surface area contributed by atoms with Gasteiger partial charge in [-0.15, -0.1) is 0 Å². The summed E-state index contributed by atoms with van der Waals surface area (Å²) in [7, 11) is 0. The molecular formula is C11H20N2. The van der Waals surface area contributed by atoms with Crippen molar-refractivity contribution < 1.29 is 0 Å². The van der Waals surface area contributed by atoms with Crippen LogP contribution >= 0.6 is 0 Å². The zero-order chi connectivity index (χ0) is 9.15. The molecule has 0 saturated heterocycles. The first-order chi connectivity index (χ1) is 6.35. The van der Waals surface area contributed by atoms with Crippen molar-refractivity contribution in [3.63, 3.8) is 0 Å². The van der Waals surface area contributed by atoms with Gasteiger partial charge in [-0.2, -0.15) is 0 Å². The van der Waals surface area contributed by atoms with E-state index in [4.69, 9.17) is 0 Å². The number of hydrogen-bond acceptors (Lipinski definition) is 2. The molecule has 2 rings (SSSR count). The SMILES string of the molecule is CCC1(CNC2=NCCCC2)CC1. The molecule has 1 fully saturated rings. The molecule has 0 amide bonds. The first-order valence-electron chi connectivity index (χ1n) is 5.62. The molecule has 0 aromatic carbocycles. The van der Waals surface area contributed by atoms with Gasteiger partial charge in [0.05, 0.1) is 5.84 Å². The fourth-order valence-electron chi connectivity index (χ4n) is 1.96. The van der Waals surface area contributed by atoms with Crippen LogP contribution in [0.1, 0.15) is 45.4 Å². The molecule has 0 atom stereocenters. The fourth-order valence-corrected chi connectivity index (χ4v) is 1.96. The van der Waals surface area contributed by atoms with Crippen LogP contribution in [0.5, 0.6) is 0 Å². The molecule has 0 unspecified atom stereocenters. The van der Waals surface area contributed by atoms with Gasteiger partial charge in [-0.25, -0.2) is 0 Å². The molecule has 2 aliphatic rings. The minimum absolute atomic E-state index is 0.653. The van der Waals surface area contributed by atoms with Crippen molar-refractivity contribution in [3.8, 4) is 0 Å². The number of aliphatic imine (C=N–C) groups is 1. The van der Waals surface area contributed by atoms with Crippen molar-refractivity contribution in [2.75, 3.05) is 13.1 Å². The normalized spacial score (nSPS) is 25.2. The van der Waals surface area contributed by atoms with Crippen LogP contribution in [0.3, 0.4) is 0 Å². The lowest BCUT2D eigenvalue weighted by Crippen LogP contribution is -2.31. The van der Waals surface area contributed by atoms with Crippen molar-refractivity contribution in [2.24, 2.45) is 10.4 Å². The fraction of sp³-hybridized carbons (Fsp3) is 0.909. The van der Waals surface area contributed by atoms with Gasteiger partial charge < -0.3 is 5.32 Å². The third-order valence-corrected chi connectivity index (χ3v) is 3.50. The van der Waals surface area contributed by atoms with Crippen LogP contribution in [0, 0.1) is 5.41 Å². The van der Waals surface area contributed by atoms with Crippen LogP contribution in [0.25, 0.3) is 0 Å². The summed E-state index contributed by atoms with van der Waals surface area (Å²) in [5.74, 6) is 1.27. The second-order valence-electron chi connectivity index (χ2n) is 4.49. The number of amidine groups is 1. The maximum Gasteiger partial charge on any atom is 0.0963 e. The van der Waals surface area contributed by atoms with E-state index < -0.39 is 0 Å². The molecule has 2 heteroatoms. The Morgan fingerprint density at radius 1 is 1.38 bits per heavy atom. The third kappa shape index (κ3) is 2.23. The van der Waals surface area contributed by atoms with Gasteiger partial charge in [-0.3, -0.25) is 4.99 Å². The van der Waals surface area contributed by atoms with Gasteiger partial charge in [-0.05, 0) is 37.5 Å². The van der Waals surface area contributed by atoms with Gasteiger partial charge in [-0.1, -0.05) is 6.92 Å². The highest BCUT2D eigenvalue weighted by molar-refractivity contribution is 5.82. The van der Waals surface area contributed by atoms with Gasteiger partial charge in [0, 0.05) is 19.5 Å². The van der Waals surface area contributed by atoms with E-state index in [1.54, 1.807) is 0 Å². The van der Waals surface area contributed by atoms with Crippen LogP contribution < -0.4 is 5.32 Å². The standard InChI is InChI=1S/C11H20N2/c1-2-11(6-7-11)9-13-10-5-3-4-8-12-10/h2-9H2,1H3,(H,12,13). The summed E-state index contributed by atoms with van der Waals surface area (Å²) in [6.07, 6.45) is 7.95. The number of hydrogen-bond donors (Lipinski definition) is 1. The Morgan fingerprint density at radius 3 is 2.77 bits per heavy atom. The third-order valence-electron chi connectivity index (χ3n) is 3.50. The van der Waals surface area contributed by atoms with E-state index in [1.165, 1.54) is 50.9 Å². The van der Waals surface area contributed by atoms with Crippen molar-refractivity contribution in [1.29, 1.82) is 0 Å². The van der Waals surface area contributed by atoms with E-state index in [-0.39, 0.29) is 0 Å². The molecule has 1 N–H and O–H groups in total. The largest absolute Gasteiger partial charge is 0.373 e. The van der Waals surface area contributed by atoms with Crippen molar-refractivity contribution in [3.05, 3.63) is 0 Å². The second kappa shape index (κ2) is 3.69. The molecule has 1 aliphatic heterocycles. The summed E-state index contributed by atoms with van der Waals surface area (Å²) in [6.45, 7) is 4.52. The Hall–Kier alpha value is -0.530. The van der Waals surface area contributed by atoms with Gasteiger partial charge in [0.1, 0.15) is 0 Å². The zero-order valence-electron chi connectivity index (χ0n) is 8.60. The summed E-state index contributed by atoms with van der Waals surface area (Å²) in [5.41, 5.74) is 0.653. The first-order valence-corrected chi connectivity index (χ1v) is 5.62. The number of rotatable bonds is 3. The van der Waals surface area contributed by atoms with Gasteiger partial charge in [0.15, 0.2) is 0 Å². The predicted molar refractivity (Wildman–Crippen MR) is 56.1 cm³/mol. The number of nitrogens with zero attached hydrogens (tertiary/aromatic N) is 1. The van der Waals surface area contributed by atoms with Crippen LogP contribution in [-0.4, -0.2) is 18.9 Å².